The van der Waals surface area contributed by atoms with Crippen LogP contribution >= 0.6 is 23.2 Å². The number of rotatable bonds is 14. The number of aryl methyl sites for hydroxylation is 1. The number of sulfonamides is 1. The number of ketones is 1. The molecule has 2 aliphatic rings. The normalized spacial score (nSPS) is 19.2. The number of piperidine rings is 2. The molecule has 5 rings (SSSR count). The van der Waals surface area contributed by atoms with E-state index in [2.05, 4.69) is 20.0 Å². The Morgan fingerprint density at radius 3 is 2.55 bits per heavy atom. The van der Waals surface area contributed by atoms with Gasteiger partial charge in [-0.2, -0.15) is 4.72 Å². The Bertz CT molecular complexity index is 1950. The van der Waals surface area contributed by atoms with Gasteiger partial charge in [-0.1, -0.05) is 41.4 Å². The fourth-order valence-corrected chi connectivity index (χ4v) is 9.61. The first-order chi connectivity index (χ1) is 25.1. The molecule has 3 heterocycles. The minimum Gasteiger partial charge on any atom is -0.487 e. The molecule has 1 amide bonds. The highest BCUT2D eigenvalue weighted by Gasteiger charge is 2.45. The third-order valence-corrected chi connectivity index (χ3v) is 12.8. The number of likely N-dealkylation sites (tertiary alicyclic amines) is 1. The molecule has 3 atom stereocenters. The smallest absolute Gasteiger partial charge is 0.243 e. The lowest BCUT2D eigenvalue weighted by molar-refractivity contribution is -0.147. The van der Waals surface area contributed by atoms with E-state index in [1.165, 1.54) is 30.9 Å². The molecule has 16 heteroatoms. The lowest BCUT2D eigenvalue weighted by atomic mass is 9.75. The molecule has 1 unspecified atom stereocenters. The van der Waals surface area contributed by atoms with Gasteiger partial charge < -0.3 is 32.2 Å². The molecule has 1 aromatic heterocycles. The Morgan fingerprint density at radius 2 is 1.83 bits per heavy atom. The second kappa shape index (κ2) is 17.3. The van der Waals surface area contributed by atoms with Crippen LogP contribution in [0.25, 0.3) is 10.9 Å². The first-order valence-electron chi connectivity index (χ1n) is 18.0. The van der Waals surface area contributed by atoms with Gasteiger partial charge in [0.05, 0.1) is 17.1 Å². The third-order valence-electron chi connectivity index (χ3n) is 10.2. The summed E-state index contributed by atoms with van der Waals surface area (Å²) in [6.07, 6.45) is 3.95. The molecular formula is C37H50Cl2N8O5S. The number of ether oxygens (including phenoxy) is 1. The minimum absolute atomic E-state index is 0.0403. The number of aromatic nitrogens is 1. The predicted molar refractivity (Wildman–Crippen MR) is 208 cm³/mol. The summed E-state index contributed by atoms with van der Waals surface area (Å²) in [6, 6.07) is 10.4. The minimum atomic E-state index is -4.40. The van der Waals surface area contributed by atoms with Crippen molar-refractivity contribution in [1.29, 1.82) is 0 Å². The fraction of sp³-hybridized carbons (Fsp3) is 0.514. The zero-order valence-electron chi connectivity index (χ0n) is 30.4. The summed E-state index contributed by atoms with van der Waals surface area (Å²) in [6.45, 7) is 7.12. The Labute approximate surface area is 321 Å². The number of guanidine groups is 1. The van der Waals surface area contributed by atoms with Gasteiger partial charge in [-0.15, -0.1) is 0 Å². The standard InChI is InChI=1S/C37H50Cl2N8O5S/c1-22-9-10-24-6-4-8-30(33(24)45-22)52-21-26-27(38)11-12-31(32(26)39)53(50,51)46-37(2,3)35(49)47-19-15-25(23-13-17-43-18-14-23)20-29(47)34(48)28(40)7-5-16-44-36(41)42/h4,6,8-12,23,25,28-29,43,46H,5,7,13-21,40H2,1-3H3,(H4,41,42,44)/t25?,28-,29+/m0/s1. The van der Waals surface area contributed by atoms with Crippen LogP contribution in [0.4, 0.5) is 0 Å². The van der Waals surface area contributed by atoms with Gasteiger partial charge >= 0.3 is 0 Å². The second-order valence-corrected chi connectivity index (χ2v) is 16.9. The number of carbonyl (C=O) groups is 2. The van der Waals surface area contributed by atoms with Crippen molar-refractivity contribution in [2.24, 2.45) is 34.0 Å². The number of pyridine rings is 1. The van der Waals surface area contributed by atoms with E-state index in [0.29, 0.717) is 56.0 Å². The van der Waals surface area contributed by atoms with Gasteiger partial charge in [-0.25, -0.2) is 13.4 Å². The number of nitrogens with zero attached hydrogens (tertiary/aromatic N) is 3. The first kappa shape index (κ1) is 40.7. The summed E-state index contributed by atoms with van der Waals surface area (Å²) in [5.41, 5.74) is 17.3. The van der Waals surface area contributed by atoms with Crippen LogP contribution in [0, 0.1) is 18.8 Å². The number of hydrogen-bond acceptors (Lipinski definition) is 9. The molecule has 2 saturated heterocycles. The lowest BCUT2D eigenvalue weighted by Gasteiger charge is -2.45. The molecule has 2 aromatic carbocycles. The van der Waals surface area contributed by atoms with E-state index in [-0.39, 0.29) is 44.8 Å². The maximum atomic E-state index is 14.4. The molecule has 53 heavy (non-hydrogen) atoms. The average molecular weight is 790 g/mol. The van der Waals surface area contributed by atoms with Gasteiger partial charge in [0.15, 0.2) is 11.7 Å². The van der Waals surface area contributed by atoms with Crippen LogP contribution < -0.4 is 32.0 Å². The van der Waals surface area contributed by atoms with E-state index in [9.17, 15) is 18.0 Å². The number of benzene rings is 2. The van der Waals surface area contributed by atoms with E-state index in [1.54, 1.807) is 6.07 Å². The number of amides is 1. The van der Waals surface area contributed by atoms with Crippen LogP contribution in [0.15, 0.2) is 52.4 Å². The van der Waals surface area contributed by atoms with Crippen molar-refractivity contribution in [3.05, 3.63) is 63.8 Å². The van der Waals surface area contributed by atoms with Crippen molar-refractivity contribution >= 4 is 61.8 Å². The maximum absolute atomic E-state index is 14.4. The molecule has 0 saturated carbocycles. The summed E-state index contributed by atoms with van der Waals surface area (Å²) in [4.78, 5) is 38.1. The lowest BCUT2D eigenvalue weighted by Crippen LogP contribution is -2.62. The molecule has 8 N–H and O–H groups in total. The van der Waals surface area contributed by atoms with Crippen molar-refractivity contribution in [1.82, 2.24) is 19.9 Å². The molecule has 0 bridgehead atoms. The average Bonchev–Trinajstić information content (AvgIpc) is 3.12. The Balaban J connectivity index is 1.35. The molecule has 2 aliphatic heterocycles. The monoisotopic (exact) mass is 788 g/mol. The Morgan fingerprint density at radius 1 is 1.09 bits per heavy atom. The summed E-state index contributed by atoms with van der Waals surface area (Å²) in [5, 5.41) is 4.33. The van der Waals surface area contributed by atoms with E-state index < -0.39 is 33.6 Å². The second-order valence-electron chi connectivity index (χ2n) is 14.5. The Hall–Kier alpha value is -3.53. The van der Waals surface area contributed by atoms with Crippen molar-refractivity contribution in [3.8, 4) is 5.75 Å². The zero-order chi connectivity index (χ0) is 38.5. The number of para-hydroxylation sites is 1. The molecule has 3 aromatic rings. The van der Waals surface area contributed by atoms with Crippen LogP contribution in [0.5, 0.6) is 5.75 Å². The molecule has 0 spiro atoms. The third kappa shape index (κ3) is 9.78. The van der Waals surface area contributed by atoms with Gasteiger partial charge in [0.2, 0.25) is 15.9 Å². The number of nitrogens with two attached hydrogens (primary N) is 3. The van der Waals surface area contributed by atoms with Crippen molar-refractivity contribution in [2.45, 2.75) is 88.4 Å². The highest BCUT2D eigenvalue weighted by atomic mass is 35.5. The highest BCUT2D eigenvalue weighted by Crippen LogP contribution is 2.37. The molecule has 288 valence electrons. The van der Waals surface area contributed by atoms with Crippen molar-refractivity contribution < 1.29 is 22.7 Å². The number of hydrogen-bond donors (Lipinski definition) is 5. The number of aliphatic imine (C=N–C) groups is 1. The summed E-state index contributed by atoms with van der Waals surface area (Å²) >= 11 is 13.3. The topological polar surface area (TPSA) is 208 Å². The van der Waals surface area contributed by atoms with E-state index in [4.69, 9.17) is 45.1 Å². The van der Waals surface area contributed by atoms with Crippen LogP contribution in [0.1, 0.15) is 63.6 Å². The molecule has 2 fully saturated rings. The number of fused-ring (bicyclic) bond motifs is 1. The fourth-order valence-electron chi connectivity index (χ4n) is 7.35. The Kier molecular flexibility index (Phi) is 13.3. The van der Waals surface area contributed by atoms with Gasteiger partial charge in [0.25, 0.3) is 0 Å². The van der Waals surface area contributed by atoms with Gasteiger partial charge in [-0.3, -0.25) is 14.6 Å². The van der Waals surface area contributed by atoms with Crippen LogP contribution in [-0.2, 0) is 26.2 Å². The molecular weight excluding hydrogens is 739 g/mol. The van der Waals surface area contributed by atoms with Crippen LogP contribution in [0.2, 0.25) is 10.0 Å². The maximum Gasteiger partial charge on any atom is 0.243 e. The summed E-state index contributed by atoms with van der Waals surface area (Å²) < 4.78 is 36.7. The number of nitrogens with one attached hydrogen (secondary N) is 2. The number of Topliss-reactive ketones (excluding diaryl/α,β-unsaturated/α-hetero) is 1. The quantitative estimate of drug-likeness (QED) is 0.0900. The number of carbonyl (C=O) groups excluding carboxylic acids is 2. The summed E-state index contributed by atoms with van der Waals surface area (Å²) in [7, 11) is -4.40. The first-order valence-corrected chi connectivity index (χ1v) is 20.2. The SMILES string of the molecule is Cc1ccc2cccc(OCc3c(Cl)ccc(S(=O)(=O)NC(C)(C)C(=O)N4CCC(C5CCNCC5)C[C@@H]4C(=O)[C@@H](N)CCCN=C(N)N)c3Cl)c2n1. The zero-order valence-corrected chi connectivity index (χ0v) is 32.7. The van der Waals surface area contributed by atoms with Crippen LogP contribution in [0.3, 0.4) is 0 Å². The van der Waals surface area contributed by atoms with E-state index >= 15 is 0 Å². The number of halogens is 2. The highest BCUT2D eigenvalue weighted by molar-refractivity contribution is 7.89. The van der Waals surface area contributed by atoms with Gasteiger partial charge in [0, 0.05) is 34.8 Å². The van der Waals surface area contributed by atoms with E-state index in [1.807, 2.05) is 31.2 Å². The van der Waals surface area contributed by atoms with E-state index in [0.717, 1.165) is 37.0 Å². The summed E-state index contributed by atoms with van der Waals surface area (Å²) in [5.74, 6) is 0.287. The molecule has 13 nitrogen and oxygen atoms in total. The van der Waals surface area contributed by atoms with Crippen molar-refractivity contribution in [3.63, 3.8) is 0 Å². The largest absolute Gasteiger partial charge is 0.487 e. The van der Waals surface area contributed by atoms with Gasteiger partial charge in [0.1, 0.15) is 28.3 Å². The molecule has 0 aliphatic carbocycles. The van der Waals surface area contributed by atoms with Crippen LogP contribution in [-0.4, -0.2) is 79.8 Å². The predicted octanol–water partition coefficient (Wildman–Crippen LogP) is 4.04. The molecule has 0 radical (unpaired) electrons. The van der Waals surface area contributed by atoms with Gasteiger partial charge in [-0.05, 0) is 108 Å². The van der Waals surface area contributed by atoms with Crippen molar-refractivity contribution in [2.75, 3.05) is 26.2 Å².